The number of hydrogen-bond acceptors (Lipinski definition) is 3. The molecule has 0 radical (unpaired) electrons. The molecule has 3 rings (SSSR count). The molecule has 1 heterocycles. The van der Waals surface area contributed by atoms with Crippen molar-refractivity contribution in [1.29, 1.82) is 0 Å². The van der Waals surface area contributed by atoms with Crippen molar-refractivity contribution in [3.05, 3.63) is 71.9 Å². The Morgan fingerprint density at radius 1 is 0.840 bits per heavy atom. The Morgan fingerprint density at radius 2 is 1.52 bits per heavy atom. The molecule has 0 aliphatic carbocycles. The van der Waals surface area contributed by atoms with E-state index in [2.05, 4.69) is 4.98 Å². The average Bonchev–Trinajstić information content (AvgIpc) is 2.60. The van der Waals surface area contributed by atoms with Gasteiger partial charge in [-0.15, -0.1) is 0 Å². The number of carbonyl (C=O) groups excluding carboxylic acids is 2. The van der Waals surface area contributed by atoms with Crippen LogP contribution in [0.2, 0.25) is 0 Å². The Bertz CT molecular complexity index is 945. The van der Waals surface area contributed by atoms with E-state index in [1.807, 2.05) is 60.7 Å². The van der Waals surface area contributed by atoms with E-state index in [0.29, 0.717) is 5.69 Å². The zero-order valence-electron chi connectivity index (χ0n) is 14.1. The van der Waals surface area contributed by atoms with Crippen LogP contribution in [-0.4, -0.2) is 16.8 Å². The van der Waals surface area contributed by atoms with Gasteiger partial charge >= 0.3 is 0 Å². The highest BCUT2D eigenvalue weighted by Gasteiger charge is 2.15. The first-order valence-corrected chi connectivity index (χ1v) is 8.00. The molecule has 1 aromatic heterocycles. The van der Waals surface area contributed by atoms with Gasteiger partial charge in [0.2, 0.25) is 11.8 Å². The Labute approximate surface area is 146 Å². The van der Waals surface area contributed by atoms with E-state index >= 15 is 0 Å². The SMILES string of the molecule is CC(=O)N(C(C)=O)c1ccc(/C=C/c2ccc3ccccc3n2)cc1. The van der Waals surface area contributed by atoms with E-state index < -0.39 is 0 Å². The first-order valence-electron chi connectivity index (χ1n) is 8.00. The highest BCUT2D eigenvalue weighted by molar-refractivity contribution is 6.13. The number of fused-ring (bicyclic) bond motifs is 1. The zero-order chi connectivity index (χ0) is 17.8. The van der Waals surface area contributed by atoms with Crippen molar-refractivity contribution < 1.29 is 9.59 Å². The number of anilines is 1. The van der Waals surface area contributed by atoms with Crippen LogP contribution in [0.3, 0.4) is 0 Å². The summed E-state index contributed by atoms with van der Waals surface area (Å²) in [6, 6.07) is 19.3. The third-order valence-corrected chi connectivity index (χ3v) is 3.85. The van der Waals surface area contributed by atoms with Gasteiger partial charge in [-0.05, 0) is 35.9 Å². The second kappa shape index (κ2) is 7.09. The Hall–Kier alpha value is -3.27. The Kier molecular flexibility index (Phi) is 4.70. The van der Waals surface area contributed by atoms with Gasteiger partial charge in [0.25, 0.3) is 0 Å². The van der Waals surface area contributed by atoms with Gasteiger partial charge in [0.1, 0.15) is 0 Å². The van der Waals surface area contributed by atoms with Crippen molar-refractivity contribution in [2.45, 2.75) is 13.8 Å². The van der Waals surface area contributed by atoms with Crippen molar-refractivity contribution in [2.75, 3.05) is 4.90 Å². The molecule has 0 saturated carbocycles. The van der Waals surface area contributed by atoms with E-state index in [1.165, 1.54) is 13.8 Å². The van der Waals surface area contributed by atoms with Gasteiger partial charge in [0, 0.05) is 19.2 Å². The number of para-hydroxylation sites is 1. The molecule has 2 aromatic carbocycles. The summed E-state index contributed by atoms with van der Waals surface area (Å²) in [6.07, 6.45) is 3.89. The zero-order valence-corrected chi connectivity index (χ0v) is 14.1. The highest BCUT2D eigenvalue weighted by atomic mass is 16.2. The first-order chi connectivity index (χ1) is 12.0. The van der Waals surface area contributed by atoms with E-state index in [1.54, 1.807) is 12.1 Å². The molecule has 0 aliphatic heterocycles. The molecule has 4 heteroatoms. The topological polar surface area (TPSA) is 50.3 Å². The van der Waals surface area contributed by atoms with E-state index in [4.69, 9.17) is 0 Å². The summed E-state index contributed by atoms with van der Waals surface area (Å²) in [6.45, 7) is 2.75. The van der Waals surface area contributed by atoms with Crippen molar-refractivity contribution in [1.82, 2.24) is 4.98 Å². The minimum atomic E-state index is -0.295. The molecule has 0 unspecified atom stereocenters. The maximum atomic E-state index is 11.6. The van der Waals surface area contributed by atoms with E-state index in [0.717, 1.165) is 27.1 Å². The lowest BCUT2D eigenvalue weighted by atomic mass is 10.1. The van der Waals surface area contributed by atoms with Crippen LogP contribution in [0.4, 0.5) is 5.69 Å². The summed E-state index contributed by atoms with van der Waals surface area (Å²) in [5.41, 5.74) is 3.36. The summed E-state index contributed by atoms with van der Waals surface area (Å²) < 4.78 is 0. The maximum absolute atomic E-state index is 11.6. The van der Waals surface area contributed by atoms with Gasteiger partial charge in [-0.3, -0.25) is 14.5 Å². The summed E-state index contributed by atoms with van der Waals surface area (Å²) in [7, 11) is 0. The molecular weight excluding hydrogens is 312 g/mol. The number of benzene rings is 2. The predicted octanol–water partition coefficient (Wildman–Crippen LogP) is 4.30. The van der Waals surface area contributed by atoms with E-state index in [-0.39, 0.29) is 11.8 Å². The van der Waals surface area contributed by atoms with E-state index in [9.17, 15) is 9.59 Å². The molecule has 0 N–H and O–H groups in total. The highest BCUT2D eigenvalue weighted by Crippen LogP contribution is 2.18. The van der Waals surface area contributed by atoms with Crippen LogP contribution in [0, 0.1) is 0 Å². The fourth-order valence-electron chi connectivity index (χ4n) is 2.68. The number of amides is 2. The van der Waals surface area contributed by atoms with Crippen LogP contribution in [0.25, 0.3) is 23.1 Å². The van der Waals surface area contributed by atoms with Crippen LogP contribution >= 0.6 is 0 Å². The van der Waals surface area contributed by atoms with Gasteiger partial charge in [0.15, 0.2) is 0 Å². The maximum Gasteiger partial charge on any atom is 0.230 e. The molecule has 25 heavy (non-hydrogen) atoms. The van der Waals surface area contributed by atoms with Crippen molar-refractivity contribution in [3.8, 4) is 0 Å². The number of aromatic nitrogens is 1. The lowest BCUT2D eigenvalue weighted by Gasteiger charge is -2.17. The van der Waals surface area contributed by atoms with Gasteiger partial charge in [-0.2, -0.15) is 0 Å². The molecule has 0 spiro atoms. The van der Waals surface area contributed by atoms with Crippen LogP contribution in [0.15, 0.2) is 60.7 Å². The number of hydrogen-bond donors (Lipinski definition) is 0. The molecule has 4 nitrogen and oxygen atoms in total. The van der Waals surface area contributed by atoms with Crippen LogP contribution in [-0.2, 0) is 9.59 Å². The normalized spacial score (nSPS) is 11.0. The summed E-state index contributed by atoms with van der Waals surface area (Å²) in [5.74, 6) is -0.590. The standard InChI is InChI=1S/C21H18N2O2/c1-15(24)23(16(2)25)20-13-8-17(9-14-20)7-11-19-12-10-18-5-3-4-6-21(18)22-19/h3-14H,1-2H3/b11-7+. The molecule has 2 amide bonds. The molecule has 124 valence electrons. The molecule has 3 aromatic rings. The molecule has 0 atom stereocenters. The minimum absolute atomic E-state index is 0.295. The first kappa shape index (κ1) is 16.6. The van der Waals surface area contributed by atoms with Crippen LogP contribution < -0.4 is 4.90 Å². The van der Waals surface area contributed by atoms with Crippen LogP contribution in [0.1, 0.15) is 25.1 Å². The summed E-state index contributed by atoms with van der Waals surface area (Å²) in [5, 5.41) is 1.11. The Balaban J connectivity index is 1.81. The molecule has 0 aliphatic rings. The Morgan fingerprint density at radius 3 is 2.20 bits per heavy atom. The number of carbonyl (C=O) groups is 2. The van der Waals surface area contributed by atoms with Gasteiger partial charge in [-0.25, -0.2) is 4.98 Å². The lowest BCUT2D eigenvalue weighted by molar-refractivity contribution is -0.124. The minimum Gasteiger partial charge on any atom is -0.274 e. The molecule has 0 fully saturated rings. The second-order valence-electron chi connectivity index (χ2n) is 5.73. The van der Waals surface area contributed by atoms with Crippen LogP contribution in [0.5, 0.6) is 0 Å². The van der Waals surface area contributed by atoms with Gasteiger partial charge in [0.05, 0.1) is 16.9 Å². The number of nitrogens with zero attached hydrogens (tertiary/aromatic N) is 2. The monoisotopic (exact) mass is 330 g/mol. The van der Waals surface area contributed by atoms with Gasteiger partial charge in [-0.1, -0.05) is 42.5 Å². The average molecular weight is 330 g/mol. The number of imide groups is 1. The summed E-state index contributed by atoms with van der Waals surface area (Å²) >= 11 is 0. The van der Waals surface area contributed by atoms with Crippen molar-refractivity contribution >= 4 is 40.6 Å². The number of rotatable bonds is 3. The largest absolute Gasteiger partial charge is 0.274 e. The second-order valence-corrected chi connectivity index (χ2v) is 5.73. The lowest BCUT2D eigenvalue weighted by Crippen LogP contribution is -2.32. The fourth-order valence-corrected chi connectivity index (χ4v) is 2.68. The molecule has 0 bridgehead atoms. The van der Waals surface area contributed by atoms with Gasteiger partial charge < -0.3 is 0 Å². The predicted molar refractivity (Wildman–Crippen MR) is 101 cm³/mol. The third kappa shape index (κ3) is 3.80. The third-order valence-electron chi connectivity index (χ3n) is 3.85. The smallest absolute Gasteiger partial charge is 0.230 e. The number of pyridine rings is 1. The molecule has 0 saturated heterocycles. The quantitative estimate of drug-likeness (QED) is 0.719. The van der Waals surface area contributed by atoms with Crippen molar-refractivity contribution in [3.63, 3.8) is 0 Å². The molecular formula is C21H18N2O2. The fraction of sp³-hybridized carbons (Fsp3) is 0.0952. The van der Waals surface area contributed by atoms with Crippen molar-refractivity contribution in [2.24, 2.45) is 0 Å². The summed E-state index contributed by atoms with van der Waals surface area (Å²) in [4.78, 5) is 28.9.